The van der Waals surface area contributed by atoms with E-state index in [9.17, 15) is 19.5 Å². The number of ether oxygens (including phenoxy) is 1. The summed E-state index contributed by atoms with van der Waals surface area (Å²) in [4.78, 5) is 38.8. The summed E-state index contributed by atoms with van der Waals surface area (Å²) in [6, 6.07) is 15.4. The summed E-state index contributed by atoms with van der Waals surface area (Å²) < 4.78 is 5.61. The Morgan fingerprint density at radius 1 is 1.06 bits per heavy atom. The molecule has 2 N–H and O–H groups in total. The second kappa shape index (κ2) is 8.21. The van der Waals surface area contributed by atoms with Gasteiger partial charge >= 0.3 is 12.1 Å². The second-order valence-corrected chi connectivity index (χ2v) is 9.44. The Morgan fingerprint density at radius 2 is 1.64 bits per heavy atom. The van der Waals surface area contributed by atoms with Gasteiger partial charge in [-0.3, -0.25) is 4.79 Å². The van der Waals surface area contributed by atoms with E-state index in [0.29, 0.717) is 25.2 Å². The van der Waals surface area contributed by atoms with E-state index in [-0.39, 0.29) is 18.4 Å². The molecule has 0 aliphatic heterocycles. The lowest BCUT2D eigenvalue weighted by atomic mass is 9.98. The van der Waals surface area contributed by atoms with Crippen LogP contribution in [-0.2, 0) is 14.3 Å². The first-order chi connectivity index (χ1) is 15.9. The predicted molar refractivity (Wildman–Crippen MR) is 122 cm³/mol. The molecule has 172 valence electrons. The third-order valence-electron chi connectivity index (χ3n) is 7.29. The molecule has 7 heteroatoms. The molecule has 2 amide bonds. The van der Waals surface area contributed by atoms with Crippen LogP contribution in [-0.4, -0.2) is 53.2 Å². The van der Waals surface area contributed by atoms with Gasteiger partial charge in [0.2, 0.25) is 5.91 Å². The van der Waals surface area contributed by atoms with Crippen molar-refractivity contribution in [2.24, 2.45) is 5.92 Å². The quantitative estimate of drug-likeness (QED) is 0.641. The summed E-state index contributed by atoms with van der Waals surface area (Å²) in [6.45, 7) is 0.166. The monoisotopic (exact) mass is 448 g/mol. The van der Waals surface area contributed by atoms with Crippen LogP contribution in [0.2, 0.25) is 0 Å². The topological polar surface area (TPSA) is 95.9 Å². The molecular formula is C26H28N2O5. The molecule has 0 heterocycles. The molecule has 3 aliphatic rings. The number of carbonyl (C=O) groups is 3. The molecule has 0 bridgehead atoms. The standard InChI is InChI=1S/C26H28N2O5/c1-28(26(12-13-26)24(30)31)23(29)22(14-16-10-11-16)27-25(32)33-15-21-19-8-4-2-6-17(19)18-7-3-5-9-20(18)21/h2-9,16,21-22H,10-15H2,1H3,(H,27,32)(H,30,31)/t22-/m0/s1. The van der Waals surface area contributed by atoms with Crippen molar-refractivity contribution >= 4 is 18.0 Å². The number of rotatable bonds is 8. The number of carboxylic acid groups (broad SMARTS) is 1. The predicted octanol–water partition coefficient (Wildman–Crippen LogP) is 3.77. The van der Waals surface area contributed by atoms with Gasteiger partial charge in [0.05, 0.1) is 0 Å². The first kappa shape index (κ1) is 21.5. The molecule has 1 atom stereocenters. The van der Waals surface area contributed by atoms with Crippen LogP contribution in [0, 0.1) is 5.92 Å². The lowest BCUT2D eigenvalue weighted by molar-refractivity contribution is -0.151. The summed E-state index contributed by atoms with van der Waals surface area (Å²) in [6.07, 6.45) is 2.76. The minimum Gasteiger partial charge on any atom is -0.479 e. The van der Waals surface area contributed by atoms with E-state index in [1.165, 1.54) is 11.9 Å². The highest BCUT2D eigenvalue weighted by Gasteiger charge is 2.56. The van der Waals surface area contributed by atoms with Crippen LogP contribution in [0.3, 0.4) is 0 Å². The molecule has 2 aromatic carbocycles. The van der Waals surface area contributed by atoms with Crippen LogP contribution in [0.15, 0.2) is 48.5 Å². The molecule has 3 aliphatic carbocycles. The van der Waals surface area contributed by atoms with Crippen LogP contribution in [0.5, 0.6) is 0 Å². The number of carbonyl (C=O) groups excluding carboxylic acids is 2. The molecule has 0 saturated heterocycles. The highest BCUT2D eigenvalue weighted by atomic mass is 16.5. The molecule has 0 radical (unpaired) electrons. The van der Waals surface area contributed by atoms with Gasteiger partial charge in [0, 0.05) is 13.0 Å². The fourth-order valence-corrected chi connectivity index (χ4v) is 4.95. The maximum atomic E-state index is 13.1. The first-order valence-corrected chi connectivity index (χ1v) is 11.5. The molecule has 0 unspecified atom stereocenters. The molecule has 7 nitrogen and oxygen atoms in total. The number of alkyl carbamates (subject to hydrolysis) is 1. The molecule has 2 fully saturated rings. The zero-order chi connectivity index (χ0) is 23.2. The Kier molecular flexibility index (Phi) is 5.35. The van der Waals surface area contributed by atoms with Crippen molar-refractivity contribution in [2.45, 2.75) is 49.6 Å². The molecular weight excluding hydrogens is 420 g/mol. The Morgan fingerprint density at radius 3 is 2.15 bits per heavy atom. The van der Waals surface area contributed by atoms with Gasteiger partial charge in [-0.25, -0.2) is 9.59 Å². The minimum absolute atomic E-state index is 0.0647. The SMILES string of the molecule is CN(C(=O)[C@H](CC1CC1)NC(=O)OCC1c2ccccc2-c2ccccc21)C1(C(=O)O)CC1. The molecule has 2 aromatic rings. The Hall–Kier alpha value is -3.35. The smallest absolute Gasteiger partial charge is 0.407 e. The zero-order valence-corrected chi connectivity index (χ0v) is 18.6. The molecule has 0 spiro atoms. The van der Waals surface area contributed by atoms with Crippen LogP contribution in [0.25, 0.3) is 11.1 Å². The molecule has 0 aromatic heterocycles. The number of likely N-dealkylation sites (N-methyl/N-ethyl adjacent to an activating group) is 1. The van der Waals surface area contributed by atoms with Gasteiger partial charge in [0.1, 0.15) is 18.2 Å². The number of nitrogens with one attached hydrogen (secondary N) is 1. The fourth-order valence-electron chi connectivity index (χ4n) is 4.95. The number of hydrogen-bond acceptors (Lipinski definition) is 4. The Balaban J connectivity index is 1.26. The van der Waals surface area contributed by atoms with E-state index in [4.69, 9.17) is 4.74 Å². The van der Waals surface area contributed by atoms with Crippen LogP contribution >= 0.6 is 0 Å². The summed E-state index contributed by atoms with van der Waals surface area (Å²) >= 11 is 0. The number of aliphatic carboxylic acids is 1. The minimum atomic E-state index is -1.14. The highest BCUT2D eigenvalue weighted by Crippen LogP contribution is 2.45. The largest absolute Gasteiger partial charge is 0.479 e. The maximum absolute atomic E-state index is 13.1. The first-order valence-electron chi connectivity index (χ1n) is 11.5. The van der Waals surface area contributed by atoms with E-state index < -0.39 is 23.6 Å². The summed E-state index contributed by atoms with van der Waals surface area (Å²) in [5.74, 6) is -1.05. The summed E-state index contributed by atoms with van der Waals surface area (Å²) in [5, 5.41) is 12.3. The van der Waals surface area contributed by atoms with Crippen LogP contribution in [0.4, 0.5) is 4.79 Å². The van der Waals surface area contributed by atoms with Crippen molar-refractivity contribution < 1.29 is 24.2 Å². The van der Waals surface area contributed by atoms with Gasteiger partial charge in [0.15, 0.2) is 0 Å². The lowest BCUT2D eigenvalue weighted by Gasteiger charge is -2.29. The van der Waals surface area contributed by atoms with Crippen molar-refractivity contribution in [3.63, 3.8) is 0 Å². The van der Waals surface area contributed by atoms with Crippen molar-refractivity contribution in [3.05, 3.63) is 59.7 Å². The van der Waals surface area contributed by atoms with Crippen molar-refractivity contribution in [1.82, 2.24) is 10.2 Å². The van der Waals surface area contributed by atoms with Crippen molar-refractivity contribution in [1.29, 1.82) is 0 Å². The number of carboxylic acids is 1. The number of nitrogens with zero attached hydrogens (tertiary/aromatic N) is 1. The van der Waals surface area contributed by atoms with E-state index >= 15 is 0 Å². The Bertz CT molecular complexity index is 1060. The fraction of sp³-hybridized carbons (Fsp3) is 0.423. The third-order valence-corrected chi connectivity index (χ3v) is 7.29. The molecule has 2 saturated carbocycles. The number of hydrogen-bond donors (Lipinski definition) is 2. The summed E-state index contributed by atoms with van der Waals surface area (Å²) in [5.41, 5.74) is 3.40. The van der Waals surface area contributed by atoms with E-state index in [2.05, 4.69) is 29.6 Å². The molecule has 5 rings (SSSR count). The van der Waals surface area contributed by atoms with Gasteiger partial charge in [0.25, 0.3) is 0 Å². The van der Waals surface area contributed by atoms with E-state index in [1.807, 2.05) is 24.3 Å². The highest BCUT2D eigenvalue weighted by molar-refractivity contribution is 5.93. The lowest BCUT2D eigenvalue weighted by Crippen LogP contribution is -2.53. The van der Waals surface area contributed by atoms with Gasteiger partial charge < -0.3 is 20.1 Å². The van der Waals surface area contributed by atoms with Gasteiger partial charge in [-0.15, -0.1) is 0 Å². The number of amides is 2. The van der Waals surface area contributed by atoms with Crippen molar-refractivity contribution in [2.75, 3.05) is 13.7 Å². The van der Waals surface area contributed by atoms with Gasteiger partial charge in [-0.1, -0.05) is 61.4 Å². The van der Waals surface area contributed by atoms with Gasteiger partial charge in [-0.05, 0) is 47.4 Å². The second-order valence-electron chi connectivity index (χ2n) is 9.44. The average molecular weight is 449 g/mol. The Labute approximate surface area is 192 Å². The third kappa shape index (κ3) is 3.96. The van der Waals surface area contributed by atoms with E-state index in [0.717, 1.165) is 35.1 Å². The van der Waals surface area contributed by atoms with Crippen LogP contribution < -0.4 is 5.32 Å². The van der Waals surface area contributed by atoms with E-state index in [1.54, 1.807) is 0 Å². The normalized spacial score (nSPS) is 18.6. The number of benzene rings is 2. The van der Waals surface area contributed by atoms with Crippen molar-refractivity contribution in [3.8, 4) is 11.1 Å². The average Bonchev–Trinajstić information content (AvgIpc) is 3.74. The molecule has 33 heavy (non-hydrogen) atoms. The maximum Gasteiger partial charge on any atom is 0.407 e. The zero-order valence-electron chi connectivity index (χ0n) is 18.6. The van der Waals surface area contributed by atoms with Gasteiger partial charge in [-0.2, -0.15) is 0 Å². The number of fused-ring (bicyclic) bond motifs is 3. The summed E-state index contributed by atoms with van der Waals surface area (Å²) in [7, 11) is 1.52. The van der Waals surface area contributed by atoms with Crippen LogP contribution in [0.1, 0.15) is 49.1 Å².